The molecule has 3 aromatic rings. The van der Waals surface area contributed by atoms with Gasteiger partial charge in [-0.2, -0.15) is 0 Å². The number of nitrogens with zero attached hydrogens (tertiary/aromatic N) is 2. The van der Waals surface area contributed by atoms with Gasteiger partial charge in [0, 0.05) is 23.4 Å². The van der Waals surface area contributed by atoms with Gasteiger partial charge in [-0.25, -0.2) is 9.97 Å². The number of Topliss-reactive ketones (excluding diaryl/α,β-unsaturated/α-hetero) is 1. The van der Waals surface area contributed by atoms with Crippen LogP contribution in [0.15, 0.2) is 54.9 Å². The maximum Gasteiger partial charge on any atom is 0.159 e. The number of carbonyl (C=O) groups excluding carboxylic acids is 1. The zero-order valence-corrected chi connectivity index (χ0v) is 15.3. The Morgan fingerprint density at radius 3 is 2.22 bits per heavy atom. The third kappa shape index (κ3) is 4.52. The number of benzene rings is 2. The molecule has 1 heterocycles. The van der Waals surface area contributed by atoms with Gasteiger partial charge in [-0.1, -0.05) is 0 Å². The highest BCUT2D eigenvalue weighted by atomic mass is 16.5. The van der Waals surface area contributed by atoms with Gasteiger partial charge in [0.15, 0.2) is 5.78 Å². The van der Waals surface area contributed by atoms with Gasteiger partial charge < -0.3 is 20.1 Å². The minimum Gasteiger partial charge on any atom is -0.497 e. The lowest BCUT2D eigenvalue weighted by molar-refractivity contribution is 0.101. The van der Waals surface area contributed by atoms with Crippen LogP contribution >= 0.6 is 0 Å². The summed E-state index contributed by atoms with van der Waals surface area (Å²) in [7, 11) is 3.21. The Morgan fingerprint density at radius 1 is 0.889 bits per heavy atom. The molecule has 0 aliphatic rings. The lowest BCUT2D eigenvalue weighted by Gasteiger charge is -2.13. The Morgan fingerprint density at radius 2 is 1.59 bits per heavy atom. The number of hydrogen-bond acceptors (Lipinski definition) is 7. The van der Waals surface area contributed by atoms with E-state index < -0.39 is 0 Å². The molecule has 0 fully saturated rings. The molecule has 0 amide bonds. The van der Waals surface area contributed by atoms with Crippen molar-refractivity contribution in [3.05, 3.63) is 60.4 Å². The Balaban J connectivity index is 1.78. The molecule has 3 rings (SSSR count). The third-order valence-electron chi connectivity index (χ3n) is 3.90. The van der Waals surface area contributed by atoms with Crippen LogP contribution in [0.2, 0.25) is 0 Å². The second kappa shape index (κ2) is 8.18. The number of anilines is 4. The molecule has 7 nitrogen and oxygen atoms in total. The molecule has 0 radical (unpaired) electrons. The molecule has 0 atom stereocenters. The number of aromatic nitrogens is 2. The Bertz CT molecular complexity index is 942. The summed E-state index contributed by atoms with van der Waals surface area (Å²) in [6.07, 6.45) is 1.46. The molecule has 7 heteroatoms. The number of ether oxygens (including phenoxy) is 2. The smallest absolute Gasteiger partial charge is 0.159 e. The summed E-state index contributed by atoms with van der Waals surface area (Å²) in [5.41, 5.74) is 2.21. The van der Waals surface area contributed by atoms with Gasteiger partial charge in [0.25, 0.3) is 0 Å². The van der Waals surface area contributed by atoms with Gasteiger partial charge in [-0.3, -0.25) is 4.79 Å². The lowest BCUT2D eigenvalue weighted by Crippen LogP contribution is -2.00. The predicted molar refractivity (Wildman–Crippen MR) is 105 cm³/mol. The highest BCUT2D eigenvalue weighted by Crippen LogP contribution is 2.31. The average molecular weight is 364 g/mol. The molecule has 0 saturated carbocycles. The first-order valence-corrected chi connectivity index (χ1v) is 8.28. The van der Waals surface area contributed by atoms with Gasteiger partial charge in [-0.05, 0) is 43.3 Å². The summed E-state index contributed by atoms with van der Waals surface area (Å²) in [5.74, 6) is 2.62. The second-order valence-corrected chi connectivity index (χ2v) is 5.74. The molecule has 138 valence electrons. The summed E-state index contributed by atoms with van der Waals surface area (Å²) in [4.78, 5) is 19.8. The molecule has 2 N–H and O–H groups in total. The molecule has 27 heavy (non-hydrogen) atoms. The van der Waals surface area contributed by atoms with Crippen LogP contribution in [0.4, 0.5) is 23.0 Å². The quantitative estimate of drug-likeness (QED) is 0.608. The Labute approximate surface area is 157 Å². The number of ketones is 1. The zero-order valence-electron chi connectivity index (χ0n) is 15.3. The zero-order chi connectivity index (χ0) is 19.2. The fourth-order valence-electron chi connectivity index (χ4n) is 2.48. The lowest BCUT2D eigenvalue weighted by atomic mass is 10.1. The number of rotatable bonds is 7. The van der Waals surface area contributed by atoms with Crippen LogP contribution in [-0.4, -0.2) is 30.0 Å². The first-order chi connectivity index (χ1) is 13.1. The molecule has 0 saturated heterocycles. The van der Waals surface area contributed by atoms with E-state index >= 15 is 0 Å². The Kier molecular flexibility index (Phi) is 5.51. The number of nitrogens with one attached hydrogen (secondary N) is 2. The fourth-order valence-corrected chi connectivity index (χ4v) is 2.48. The topological polar surface area (TPSA) is 85.4 Å². The molecule has 0 spiro atoms. The number of methoxy groups -OCH3 is 2. The predicted octanol–water partition coefficient (Wildman–Crippen LogP) is 4.18. The molecule has 2 aromatic carbocycles. The summed E-state index contributed by atoms with van der Waals surface area (Å²) in [5, 5.41) is 6.40. The summed E-state index contributed by atoms with van der Waals surface area (Å²) >= 11 is 0. The van der Waals surface area contributed by atoms with Crippen LogP contribution in [0.3, 0.4) is 0 Å². The van der Waals surface area contributed by atoms with Crippen molar-refractivity contribution in [1.82, 2.24) is 9.97 Å². The Hall–Kier alpha value is -3.61. The van der Waals surface area contributed by atoms with Gasteiger partial charge in [0.2, 0.25) is 0 Å². The summed E-state index contributed by atoms with van der Waals surface area (Å²) in [6.45, 7) is 1.54. The van der Waals surface area contributed by atoms with E-state index in [1.54, 1.807) is 32.4 Å². The molecule has 0 bridgehead atoms. The number of carbonyl (C=O) groups is 1. The highest BCUT2D eigenvalue weighted by Gasteiger charge is 2.07. The van der Waals surface area contributed by atoms with Crippen molar-refractivity contribution in [2.75, 3.05) is 24.9 Å². The summed E-state index contributed by atoms with van der Waals surface area (Å²) in [6, 6.07) is 14.4. The van der Waals surface area contributed by atoms with Crippen LogP contribution in [0, 0.1) is 0 Å². The van der Waals surface area contributed by atoms with Gasteiger partial charge in [0.1, 0.15) is 29.5 Å². The number of hydrogen-bond donors (Lipinski definition) is 2. The van der Waals surface area contributed by atoms with E-state index in [-0.39, 0.29) is 5.78 Å². The van der Waals surface area contributed by atoms with E-state index in [1.807, 2.05) is 30.3 Å². The fraction of sp³-hybridized carbons (Fsp3) is 0.150. The van der Waals surface area contributed by atoms with Crippen molar-refractivity contribution in [2.45, 2.75) is 6.92 Å². The van der Waals surface area contributed by atoms with Crippen molar-refractivity contribution in [2.24, 2.45) is 0 Å². The first-order valence-electron chi connectivity index (χ1n) is 8.28. The van der Waals surface area contributed by atoms with Crippen molar-refractivity contribution in [3.8, 4) is 11.5 Å². The normalized spacial score (nSPS) is 10.2. The van der Waals surface area contributed by atoms with E-state index in [9.17, 15) is 4.79 Å². The monoisotopic (exact) mass is 364 g/mol. The van der Waals surface area contributed by atoms with E-state index in [0.717, 1.165) is 11.4 Å². The second-order valence-electron chi connectivity index (χ2n) is 5.74. The molecular formula is C20H20N4O3. The molecule has 1 aromatic heterocycles. The maximum atomic E-state index is 11.4. The standard InChI is InChI=1S/C20H20N4O3/c1-13(25)14-4-6-15(7-5-14)23-19-11-20(22-12-21-19)24-17-10-16(26-2)8-9-18(17)27-3/h4-12H,1-3H3,(H2,21,22,23,24). The summed E-state index contributed by atoms with van der Waals surface area (Å²) < 4.78 is 10.6. The van der Waals surface area contributed by atoms with Crippen LogP contribution in [0.1, 0.15) is 17.3 Å². The van der Waals surface area contributed by atoms with E-state index in [2.05, 4.69) is 20.6 Å². The molecule has 0 unspecified atom stereocenters. The first kappa shape index (κ1) is 18.2. The van der Waals surface area contributed by atoms with Gasteiger partial charge in [-0.15, -0.1) is 0 Å². The van der Waals surface area contributed by atoms with Crippen molar-refractivity contribution in [3.63, 3.8) is 0 Å². The SMILES string of the molecule is COc1ccc(OC)c(Nc2cc(Nc3ccc(C(C)=O)cc3)ncn2)c1. The molecule has 0 aliphatic heterocycles. The van der Waals surface area contributed by atoms with Crippen molar-refractivity contribution >= 4 is 28.8 Å². The van der Waals surface area contributed by atoms with E-state index in [4.69, 9.17) is 9.47 Å². The maximum absolute atomic E-state index is 11.4. The van der Waals surface area contributed by atoms with Crippen LogP contribution in [0.25, 0.3) is 0 Å². The van der Waals surface area contributed by atoms with Gasteiger partial charge >= 0.3 is 0 Å². The minimum absolute atomic E-state index is 0.0299. The van der Waals surface area contributed by atoms with Crippen LogP contribution in [-0.2, 0) is 0 Å². The molecular weight excluding hydrogens is 344 g/mol. The van der Waals surface area contributed by atoms with E-state index in [1.165, 1.54) is 13.3 Å². The van der Waals surface area contributed by atoms with Crippen molar-refractivity contribution < 1.29 is 14.3 Å². The van der Waals surface area contributed by atoms with Gasteiger partial charge in [0.05, 0.1) is 19.9 Å². The van der Waals surface area contributed by atoms with Crippen LogP contribution < -0.4 is 20.1 Å². The minimum atomic E-state index is 0.0299. The third-order valence-corrected chi connectivity index (χ3v) is 3.90. The van der Waals surface area contributed by atoms with E-state index in [0.29, 0.717) is 28.7 Å². The van der Waals surface area contributed by atoms with Crippen LogP contribution in [0.5, 0.6) is 11.5 Å². The highest BCUT2D eigenvalue weighted by molar-refractivity contribution is 5.94. The average Bonchev–Trinajstić information content (AvgIpc) is 2.68. The molecule has 0 aliphatic carbocycles. The van der Waals surface area contributed by atoms with Crippen molar-refractivity contribution in [1.29, 1.82) is 0 Å². The largest absolute Gasteiger partial charge is 0.497 e.